The van der Waals surface area contributed by atoms with Crippen LogP contribution in [0.25, 0.3) is 0 Å². The monoisotopic (exact) mass is 937 g/mol. The number of rotatable bonds is 11. The maximum absolute atomic E-state index is 13.1. The maximum Gasteiger partial charge on any atom is 0.391 e. The molecule has 24 heteroatoms. The topological polar surface area (TPSA) is 337 Å². The molecule has 7 aliphatic rings. The van der Waals surface area contributed by atoms with Crippen LogP contribution in [-0.4, -0.2) is 227 Å². The fourth-order valence-electron chi connectivity index (χ4n) is 10.3. The SMILES string of the molecule is O=C(OCC1OC(OCC2OC(OC3CC4C(O)CC(O)CC4[OH+]C3C3CCC(O)C(O)C3)C(OC3OCC(O)C(O)C3O)C(O)C2O)C(O)C(O)C1O)C1CCC(C(F)(F)F)CC1. The molecule has 7 rings (SSSR count). The smallest absolute Gasteiger partial charge is 0.391 e. The molecule has 370 valence electrons. The quantitative estimate of drug-likeness (QED) is 0.0689. The highest BCUT2D eigenvalue weighted by Gasteiger charge is 2.57. The maximum atomic E-state index is 13.1. The number of hydrogen-bond donors (Lipinski definition) is 12. The molecule has 0 spiro atoms. The zero-order valence-corrected chi connectivity index (χ0v) is 34.8. The van der Waals surface area contributed by atoms with Gasteiger partial charge in [-0.15, -0.1) is 0 Å². The summed E-state index contributed by atoms with van der Waals surface area (Å²) in [5.41, 5.74) is 0. The van der Waals surface area contributed by atoms with E-state index in [4.69, 9.17) is 37.9 Å². The third kappa shape index (κ3) is 11.2. The molecule has 3 aliphatic carbocycles. The molecule has 7 fully saturated rings. The first-order valence-corrected chi connectivity index (χ1v) is 22.2. The summed E-state index contributed by atoms with van der Waals surface area (Å²) in [4.78, 5) is 12.8. The first-order valence-electron chi connectivity index (χ1n) is 22.2. The van der Waals surface area contributed by atoms with E-state index >= 15 is 0 Å². The Morgan fingerprint density at radius 3 is 1.95 bits per heavy atom. The molecular formula is C40H64F3O21+. The first kappa shape index (κ1) is 50.4. The van der Waals surface area contributed by atoms with Crippen molar-refractivity contribution in [2.45, 2.75) is 199 Å². The van der Waals surface area contributed by atoms with Gasteiger partial charge >= 0.3 is 12.1 Å². The van der Waals surface area contributed by atoms with E-state index in [9.17, 15) is 79.2 Å². The van der Waals surface area contributed by atoms with Crippen LogP contribution >= 0.6 is 0 Å². The van der Waals surface area contributed by atoms with Crippen molar-refractivity contribution in [3.8, 4) is 0 Å². The van der Waals surface area contributed by atoms with E-state index in [1.54, 1.807) is 0 Å². The Bertz CT molecular complexity index is 1510. The normalized spacial score (nSPS) is 50.6. The van der Waals surface area contributed by atoms with Crippen molar-refractivity contribution in [3.05, 3.63) is 0 Å². The largest absolute Gasteiger partial charge is 0.463 e. The summed E-state index contributed by atoms with van der Waals surface area (Å²) in [7, 11) is 0. The number of aliphatic hydroxyl groups is 14. The minimum absolute atomic E-state index is 0.0693. The van der Waals surface area contributed by atoms with Crippen LogP contribution in [0.1, 0.15) is 64.2 Å². The molecule has 0 aromatic heterocycles. The molecule has 23 atom stereocenters. The Morgan fingerprint density at radius 2 is 1.27 bits per heavy atom. The van der Waals surface area contributed by atoms with E-state index in [-0.39, 0.29) is 63.7 Å². The highest BCUT2D eigenvalue weighted by atomic mass is 19.4. The molecule has 0 amide bonds. The Balaban J connectivity index is 1.06. The molecule has 4 heterocycles. The Morgan fingerprint density at radius 1 is 0.609 bits per heavy atom. The Kier molecular flexibility index (Phi) is 16.5. The molecule has 0 bridgehead atoms. The van der Waals surface area contributed by atoms with Crippen LogP contribution in [0.15, 0.2) is 0 Å². The van der Waals surface area contributed by atoms with Gasteiger partial charge in [-0.1, -0.05) is 0 Å². The molecule has 4 saturated heterocycles. The molecule has 0 aromatic rings. The van der Waals surface area contributed by atoms with Crippen molar-refractivity contribution in [2.24, 2.45) is 23.7 Å². The van der Waals surface area contributed by atoms with E-state index in [1.807, 2.05) is 0 Å². The molecule has 0 aromatic carbocycles. The standard InChI is InChI=1S/C40H63F3O21/c41-40(42,43)16-4-1-14(2-5-16)36(56)57-12-25-28(50)30(52)33(55)37(62-25)59-13-26-29(51)31(53)35(64-38-32(54)27(49)22(48)11-58-38)39(63-26)61-24-10-18-20(46)8-17(44)9-23(18)60-34(24)15-3-6-19(45)21(47)7-15/h14-35,37-39,44-55H,1-13H2/p+1. The highest BCUT2D eigenvalue weighted by Crippen LogP contribution is 2.43. The molecule has 13 N–H and O–H groups in total. The lowest BCUT2D eigenvalue weighted by Gasteiger charge is -2.49. The van der Waals surface area contributed by atoms with Gasteiger partial charge in [0.1, 0.15) is 79.9 Å². The second kappa shape index (κ2) is 21.0. The number of hydrogen-bond acceptors (Lipinski definition) is 20. The van der Waals surface area contributed by atoms with E-state index in [2.05, 4.69) is 0 Å². The minimum atomic E-state index is -4.39. The number of alkyl halides is 3. The zero-order chi connectivity index (χ0) is 46.4. The van der Waals surface area contributed by atoms with Crippen LogP contribution in [0.3, 0.4) is 0 Å². The summed E-state index contributed by atoms with van der Waals surface area (Å²) in [5, 5.41) is 129. The molecule has 23 unspecified atom stereocenters. The van der Waals surface area contributed by atoms with Gasteiger partial charge in [0.05, 0.1) is 55.4 Å². The van der Waals surface area contributed by atoms with Crippen LogP contribution in [0.5, 0.6) is 0 Å². The summed E-state index contributed by atoms with van der Waals surface area (Å²) >= 11 is 0. The summed E-state index contributed by atoms with van der Waals surface area (Å²) in [5.74, 6) is -4.09. The molecule has 4 aliphatic heterocycles. The number of ether oxygens (including phenoxy) is 8. The van der Waals surface area contributed by atoms with E-state index < -0.39 is 178 Å². The second-order valence-electron chi connectivity index (χ2n) is 18.6. The predicted octanol–water partition coefficient (Wildman–Crippen LogP) is -4.30. The third-order valence-electron chi connectivity index (χ3n) is 14.3. The van der Waals surface area contributed by atoms with Crippen molar-refractivity contribution in [1.82, 2.24) is 0 Å². The molecule has 3 saturated carbocycles. The van der Waals surface area contributed by atoms with E-state index in [0.717, 1.165) is 0 Å². The van der Waals surface area contributed by atoms with Crippen molar-refractivity contribution >= 4 is 5.97 Å². The van der Waals surface area contributed by atoms with Gasteiger partial charge in [0, 0.05) is 18.8 Å². The average molecular weight is 938 g/mol. The van der Waals surface area contributed by atoms with E-state index in [1.165, 1.54) is 0 Å². The number of esters is 1. The van der Waals surface area contributed by atoms with Crippen LogP contribution in [0, 0.1) is 23.7 Å². The van der Waals surface area contributed by atoms with Crippen molar-refractivity contribution in [3.63, 3.8) is 0 Å². The second-order valence-corrected chi connectivity index (χ2v) is 18.6. The molecule has 0 radical (unpaired) electrons. The van der Waals surface area contributed by atoms with Gasteiger partial charge in [-0.25, -0.2) is 0 Å². The lowest BCUT2D eigenvalue weighted by molar-refractivity contribution is -0.385. The van der Waals surface area contributed by atoms with Crippen molar-refractivity contribution < 1.29 is 117 Å². The number of carbonyl (C=O) groups excluding carboxylic acids is 1. The highest BCUT2D eigenvalue weighted by molar-refractivity contribution is 5.72. The summed E-state index contributed by atoms with van der Waals surface area (Å²) in [6, 6.07) is 0. The lowest BCUT2D eigenvalue weighted by Crippen LogP contribution is -2.65. The first-order chi connectivity index (χ1) is 30.2. The fraction of sp³-hybridized carbons (Fsp3) is 0.975. The van der Waals surface area contributed by atoms with Gasteiger partial charge in [-0.3, -0.25) is 4.79 Å². The number of halogens is 3. The van der Waals surface area contributed by atoms with Crippen LogP contribution in [-0.2, 0) is 38.0 Å². The van der Waals surface area contributed by atoms with Gasteiger partial charge in [-0.2, -0.15) is 13.2 Å². The molecule has 64 heavy (non-hydrogen) atoms. The average Bonchev–Trinajstić information content (AvgIpc) is 3.25. The fourth-order valence-corrected chi connectivity index (χ4v) is 10.3. The van der Waals surface area contributed by atoms with E-state index in [0.29, 0.717) is 6.42 Å². The summed E-state index contributed by atoms with van der Waals surface area (Å²) in [6.45, 7) is -1.89. The van der Waals surface area contributed by atoms with Gasteiger partial charge in [-0.05, 0) is 51.4 Å². The van der Waals surface area contributed by atoms with Crippen LogP contribution in [0.2, 0.25) is 0 Å². The Labute approximate surface area is 365 Å². The lowest BCUT2D eigenvalue weighted by atomic mass is 9.72. The number of aliphatic hydroxyl groups excluding tert-OH is 12. The third-order valence-corrected chi connectivity index (χ3v) is 14.3. The van der Waals surface area contributed by atoms with Crippen molar-refractivity contribution in [2.75, 3.05) is 19.8 Å². The summed E-state index contributed by atoms with van der Waals surface area (Å²) in [6.07, 6.45) is -34.4. The van der Waals surface area contributed by atoms with Gasteiger partial charge in [0.25, 0.3) is 0 Å². The molecule has 21 nitrogen and oxygen atoms in total. The predicted molar refractivity (Wildman–Crippen MR) is 202 cm³/mol. The van der Waals surface area contributed by atoms with Gasteiger partial charge in [0.15, 0.2) is 31.1 Å². The van der Waals surface area contributed by atoms with Crippen molar-refractivity contribution in [1.29, 1.82) is 0 Å². The van der Waals surface area contributed by atoms with Crippen LogP contribution < -0.4 is 0 Å². The van der Waals surface area contributed by atoms with Gasteiger partial charge in [0.2, 0.25) is 0 Å². The van der Waals surface area contributed by atoms with Crippen LogP contribution in [0.4, 0.5) is 13.2 Å². The summed E-state index contributed by atoms with van der Waals surface area (Å²) < 4.78 is 85.1. The molecular weight excluding hydrogens is 873 g/mol. The number of carbonyl (C=O) groups is 1. The number of fused-ring (bicyclic) bond motifs is 1. The minimum Gasteiger partial charge on any atom is -0.463 e. The van der Waals surface area contributed by atoms with Gasteiger partial charge < -0.3 is 99.2 Å². The zero-order valence-electron chi connectivity index (χ0n) is 34.8. The Hall–Kier alpha value is -1.50.